The second kappa shape index (κ2) is 4.65. The first kappa shape index (κ1) is 12.0. The van der Waals surface area contributed by atoms with Crippen LogP contribution >= 0.6 is 0 Å². The lowest BCUT2D eigenvalue weighted by Gasteiger charge is -2.08. The molecule has 0 amide bonds. The van der Waals surface area contributed by atoms with E-state index in [0.29, 0.717) is 5.92 Å². The number of aryl methyl sites for hydroxylation is 1. The molecule has 104 valence electrons. The Bertz CT molecular complexity index is 618. The fraction of sp³-hybridized carbons (Fsp3) is 0.471. The second-order valence-corrected chi connectivity index (χ2v) is 6.12. The van der Waals surface area contributed by atoms with Crippen molar-refractivity contribution in [1.82, 2.24) is 9.78 Å². The van der Waals surface area contributed by atoms with Gasteiger partial charge in [-0.1, -0.05) is 30.5 Å². The van der Waals surface area contributed by atoms with E-state index in [1.165, 1.54) is 54.0 Å². The molecule has 0 atom stereocenters. The zero-order chi connectivity index (χ0) is 13.5. The van der Waals surface area contributed by atoms with Gasteiger partial charge < -0.3 is 5.32 Å². The highest BCUT2D eigenvalue weighted by atomic mass is 15.3. The van der Waals surface area contributed by atoms with E-state index in [9.17, 15) is 0 Å². The van der Waals surface area contributed by atoms with Gasteiger partial charge in [0.25, 0.3) is 0 Å². The molecular weight excluding hydrogens is 246 g/mol. The molecule has 0 unspecified atom stereocenters. The maximum Gasteiger partial charge on any atom is 0.133 e. The lowest BCUT2D eigenvalue weighted by atomic mass is 9.99. The largest absolute Gasteiger partial charge is 0.369 e. The average molecular weight is 267 g/mol. The van der Waals surface area contributed by atoms with Crippen LogP contribution < -0.4 is 5.32 Å². The molecular formula is C17H21N3. The van der Waals surface area contributed by atoms with Gasteiger partial charge in [-0.15, -0.1) is 0 Å². The summed E-state index contributed by atoms with van der Waals surface area (Å²) < 4.78 is 2.12. The van der Waals surface area contributed by atoms with Crippen LogP contribution in [0.25, 0.3) is 5.69 Å². The third kappa shape index (κ3) is 1.84. The van der Waals surface area contributed by atoms with Crippen molar-refractivity contribution in [2.45, 2.75) is 44.9 Å². The molecule has 0 spiro atoms. The Hall–Kier alpha value is -1.77. The average Bonchev–Trinajstić information content (AvgIpc) is 3.16. The minimum atomic E-state index is 0.690. The zero-order valence-corrected chi connectivity index (χ0v) is 12.0. The van der Waals surface area contributed by atoms with Crippen molar-refractivity contribution in [3.63, 3.8) is 0 Å². The first-order valence-corrected chi connectivity index (χ1v) is 7.75. The van der Waals surface area contributed by atoms with Crippen LogP contribution in [0.2, 0.25) is 0 Å². The van der Waals surface area contributed by atoms with Crippen molar-refractivity contribution in [2.24, 2.45) is 0 Å². The summed E-state index contributed by atoms with van der Waals surface area (Å²) in [5.41, 5.74) is 5.30. The van der Waals surface area contributed by atoms with Gasteiger partial charge >= 0.3 is 0 Å². The topological polar surface area (TPSA) is 29.9 Å². The van der Waals surface area contributed by atoms with Crippen LogP contribution in [0.1, 0.15) is 48.4 Å². The maximum absolute atomic E-state index is 4.97. The summed E-state index contributed by atoms with van der Waals surface area (Å²) in [6, 6.07) is 8.66. The molecule has 1 N–H and O–H groups in total. The molecule has 1 aromatic heterocycles. The fourth-order valence-electron chi connectivity index (χ4n) is 3.60. The van der Waals surface area contributed by atoms with Crippen LogP contribution in [-0.4, -0.2) is 16.3 Å². The molecule has 0 saturated heterocycles. The van der Waals surface area contributed by atoms with Gasteiger partial charge in [0.15, 0.2) is 0 Å². The van der Waals surface area contributed by atoms with Crippen LogP contribution in [-0.2, 0) is 6.42 Å². The Kier molecular flexibility index (Phi) is 2.79. The maximum atomic E-state index is 4.97. The Morgan fingerprint density at radius 1 is 1.15 bits per heavy atom. The van der Waals surface area contributed by atoms with Gasteiger partial charge in [-0.25, -0.2) is 4.68 Å². The molecule has 1 fully saturated rings. The highest BCUT2D eigenvalue weighted by Gasteiger charge is 2.29. The van der Waals surface area contributed by atoms with Gasteiger partial charge in [0.2, 0.25) is 0 Å². The molecule has 20 heavy (non-hydrogen) atoms. The first-order chi connectivity index (χ1) is 9.83. The smallest absolute Gasteiger partial charge is 0.133 e. The molecule has 2 aliphatic rings. The molecule has 2 aromatic rings. The van der Waals surface area contributed by atoms with E-state index in [0.717, 1.165) is 13.0 Å². The van der Waals surface area contributed by atoms with E-state index in [4.69, 9.17) is 5.10 Å². The summed E-state index contributed by atoms with van der Waals surface area (Å²) in [7, 11) is 0. The van der Waals surface area contributed by atoms with Crippen LogP contribution in [0.3, 0.4) is 0 Å². The monoisotopic (exact) mass is 267 g/mol. The minimum absolute atomic E-state index is 0.690. The predicted molar refractivity (Wildman–Crippen MR) is 81.7 cm³/mol. The molecule has 2 heterocycles. The number of nitrogens with one attached hydrogen (secondary N) is 1. The second-order valence-electron chi connectivity index (χ2n) is 6.12. The van der Waals surface area contributed by atoms with Gasteiger partial charge in [-0.3, -0.25) is 0 Å². The molecule has 0 radical (unpaired) electrons. The molecule has 3 nitrogen and oxygen atoms in total. The number of hydrogen-bond acceptors (Lipinski definition) is 2. The summed E-state index contributed by atoms with van der Waals surface area (Å²) in [4.78, 5) is 0. The molecule has 3 heteroatoms. The number of rotatable bonds is 2. The van der Waals surface area contributed by atoms with Crippen LogP contribution in [0.4, 0.5) is 5.82 Å². The van der Waals surface area contributed by atoms with Gasteiger partial charge in [-0.2, -0.15) is 5.10 Å². The van der Waals surface area contributed by atoms with Gasteiger partial charge in [0, 0.05) is 18.0 Å². The summed E-state index contributed by atoms with van der Waals surface area (Å²) >= 11 is 0. The lowest BCUT2D eigenvalue weighted by molar-refractivity contribution is 0.670. The third-order valence-corrected chi connectivity index (χ3v) is 4.70. The summed E-state index contributed by atoms with van der Waals surface area (Å²) in [5, 5.41) is 8.49. The Morgan fingerprint density at radius 2 is 1.90 bits per heavy atom. The third-order valence-electron chi connectivity index (χ3n) is 4.70. The predicted octanol–water partition coefficient (Wildman–Crippen LogP) is 3.81. The van der Waals surface area contributed by atoms with Crippen LogP contribution in [0.15, 0.2) is 24.3 Å². The number of benzene rings is 1. The van der Waals surface area contributed by atoms with Crippen LogP contribution in [0, 0.1) is 6.92 Å². The summed E-state index contributed by atoms with van der Waals surface area (Å²) in [6.07, 6.45) is 6.50. The highest BCUT2D eigenvalue weighted by molar-refractivity contribution is 5.57. The van der Waals surface area contributed by atoms with Crippen molar-refractivity contribution in [1.29, 1.82) is 0 Å². The van der Waals surface area contributed by atoms with Gasteiger partial charge in [0.05, 0.1) is 11.4 Å². The highest BCUT2D eigenvalue weighted by Crippen LogP contribution is 2.39. The first-order valence-electron chi connectivity index (χ1n) is 7.75. The number of nitrogens with zero attached hydrogens (tertiary/aromatic N) is 2. The van der Waals surface area contributed by atoms with Crippen molar-refractivity contribution in [3.05, 3.63) is 41.1 Å². The SMILES string of the molecule is Cc1ccc(-n2nc(C3CCCC3)c3c2NCC3)cc1. The quantitative estimate of drug-likeness (QED) is 0.896. The molecule has 1 aromatic carbocycles. The van der Waals surface area contributed by atoms with Crippen molar-refractivity contribution in [2.75, 3.05) is 11.9 Å². The number of anilines is 1. The fourth-order valence-corrected chi connectivity index (χ4v) is 3.60. The lowest BCUT2D eigenvalue weighted by Crippen LogP contribution is -2.06. The van der Waals surface area contributed by atoms with Crippen molar-refractivity contribution < 1.29 is 0 Å². The molecule has 1 aliphatic heterocycles. The van der Waals surface area contributed by atoms with Crippen molar-refractivity contribution in [3.8, 4) is 5.69 Å². The van der Waals surface area contributed by atoms with E-state index in [-0.39, 0.29) is 0 Å². The number of hydrogen-bond donors (Lipinski definition) is 1. The Labute approximate surface area is 120 Å². The Morgan fingerprint density at radius 3 is 2.65 bits per heavy atom. The molecule has 0 bridgehead atoms. The molecule has 1 saturated carbocycles. The zero-order valence-electron chi connectivity index (χ0n) is 12.0. The van der Waals surface area contributed by atoms with E-state index < -0.39 is 0 Å². The van der Waals surface area contributed by atoms with E-state index in [1.54, 1.807) is 0 Å². The van der Waals surface area contributed by atoms with Crippen LogP contribution in [0.5, 0.6) is 0 Å². The normalized spacial score (nSPS) is 18.2. The van der Waals surface area contributed by atoms with Gasteiger partial charge in [0.1, 0.15) is 5.82 Å². The Balaban J connectivity index is 1.80. The molecule has 4 rings (SSSR count). The van der Waals surface area contributed by atoms with E-state index in [1.807, 2.05) is 0 Å². The standard InChI is InChI=1S/C17H21N3/c1-12-6-8-14(9-7-12)20-17-15(10-11-18-17)16(19-20)13-4-2-3-5-13/h6-9,13,18H,2-5,10-11H2,1H3. The summed E-state index contributed by atoms with van der Waals surface area (Å²) in [6.45, 7) is 3.18. The minimum Gasteiger partial charge on any atom is -0.369 e. The number of aromatic nitrogens is 2. The van der Waals surface area contributed by atoms with E-state index in [2.05, 4.69) is 41.2 Å². The van der Waals surface area contributed by atoms with E-state index >= 15 is 0 Å². The molecule has 1 aliphatic carbocycles. The number of fused-ring (bicyclic) bond motifs is 1. The van der Waals surface area contributed by atoms with Crippen molar-refractivity contribution >= 4 is 5.82 Å². The summed E-state index contributed by atoms with van der Waals surface area (Å²) in [5.74, 6) is 1.92. The van der Waals surface area contributed by atoms with Gasteiger partial charge in [-0.05, 0) is 38.3 Å².